The molecule has 2 heterocycles. The molecule has 0 spiro atoms. The van der Waals surface area contributed by atoms with Crippen LogP contribution in [0.5, 0.6) is 5.88 Å². The average Bonchev–Trinajstić information content (AvgIpc) is 3.50. The highest BCUT2D eigenvalue weighted by atomic mass is 32.2. The number of rotatable bonds is 5. The van der Waals surface area contributed by atoms with Gasteiger partial charge in [-0.15, -0.1) is 6.42 Å². The first kappa shape index (κ1) is 21.5. The van der Waals surface area contributed by atoms with Crippen molar-refractivity contribution in [1.29, 1.82) is 5.26 Å². The van der Waals surface area contributed by atoms with E-state index in [0.717, 1.165) is 24.0 Å². The number of amidine groups is 1. The van der Waals surface area contributed by atoms with E-state index in [1.807, 2.05) is 0 Å². The summed E-state index contributed by atoms with van der Waals surface area (Å²) in [5.41, 5.74) is 4.46. The van der Waals surface area contributed by atoms with Crippen LogP contribution in [0.1, 0.15) is 29.4 Å². The van der Waals surface area contributed by atoms with E-state index in [1.165, 1.54) is 12.3 Å². The minimum absolute atomic E-state index is 0.00376. The number of nitrogens with zero attached hydrogens (tertiary/aromatic N) is 4. The lowest BCUT2D eigenvalue weighted by Crippen LogP contribution is -2.35. The normalized spacial score (nSPS) is 25.5. The van der Waals surface area contributed by atoms with E-state index in [0.29, 0.717) is 6.42 Å². The lowest BCUT2D eigenvalue weighted by atomic mass is 9.85. The Labute approximate surface area is 186 Å². The van der Waals surface area contributed by atoms with Crippen molar-refractivity contribution in [1.82, 2.24) is 9.97 Å². The maximum Gasteiger partial charge on any atom is 0.275 e. The number of nitrogens with one attached hydrogen (secondary N) is 1. The third-order valence-electron chi connectivity index (χ3n) is 5.40. The van der Waals surface area contributed by atoms with Crippen molar-refractivity contribution < 1.29 is 18.3 Å². The number of benzene rings is 1. The van der Waals surface area contributed by atoms with Crippen molar-refractivity contribution in [2.24, 2.45) is 16.6 Å². The number of hydrogen-bond acceptors (Lipinski definition) is 8. The summed E-state index contributed by atoms with van der Waals surface area (Å²) in [7, 11) is 0. The van der Waals surface area contributed by atoms with Gasteiger partial charge in [-0.05, 0) is 19.4 Å². The van der Waals surface area contributed by atoms with Gasteiger partial charge in [-0.25, -0.2) is 18.7 Å². The number of thioether (sulfide) groups is 1. The van der Waals surface area contributed by atoms with E-state index in [2.05, 4.69) is 32.3 Å². The van der Waals surface area contributed by atoms with Gasteiger partial charge in [-0.3, -0.25) is 9.79 Å². The minimum Gasteiger partial charge on any atom is -0.463 e. The van der Waals surface area contributed by atoms with Gasteiger partial charge in [0, 0.05) is 23.2 Å². The van der Waals surface area contributed by atoms with Gasteiger partial charge in [0.25, 0.3) is 5.91 Å². The Bertz CT molecular complexity index is 1220. The number of hydrogen-bond donors (Lipinski definition) is 2. The Morgan fingerprint density at radius 3 is 2.88 bits per heavy atom. The fourth-order valence-electron chi connectivity index (χ4n) is 3.77. The van der Waals surface area contributed by atoms with Crippen LogP contribution in [0, 0.1) is 41.2 Å². The molecule has 1 amide bonds. The molecule has 162 valence electrons. The molecular weight excluding hydrogens is 438 g/mol. The summed E-state index contributed by atoms with van der Waals surface area (Å²) < 4.78 is 33.6. The fraction of sp³-hybridized carbons (Fsp3) is 0.286. The van der Waals surface area contributed by atoms with Gasteiger partial charge in [0.2, 0.25) is 5.88 Å². The van der Waals surface area contributed by atoms with E-state index < -0.39 is 27.8 Å². The summed E-state index contributed by atoms with van der Waals surface area (Å²) in [6, 6.07) is 4.36. The molecular formula is C21H16F2N6O2S. The van der Waals surface area contributed by atoms with Crippen LogP contribution in [0.25, 0.3) is 0 Å². The van der Waals surface area contributed by atoms with E-state index in [9.17, 15) is 18.8 Å². The Morgan fingerprint density at radius 1 is 1.44 bits per heavy atom. The Morgan fingerprint density at radius 2 is 2.22 bits per heavy atom. The number of carbonyl (C=O) groups is 1. The van der Waals surface area contributed by atoms with E-state index >= 15 is 0 Å². The van der Waals surface area contributed by atoms with Gasteiger partial charge < -0.3 is 15.8 Å². The molecule has 32 heavy (non-hydrogen) atoms. The molecule has 1 aromatic heterocycles. The van der Waals surface area contributed by atoms with Gasteiger partial charge in [0.15, 0.2) is 23.4 Å². The lowest BCUT2D eigenvalue weighted by molar-refractivity contribution is 0.102. The van der Waals surface area contributed by atoms with Crippen molar-refractivity contribution in [2.75, 3.05) is 11.9 Å². The molecule has 3 N–H and O–H groups in total. The molecule has 0 unspecified atom stereocenters. The Balaban J connectivity index is 1.62. The quantitative estimate of drug-likeness (QED) is 0.665. The number of ether oxygens (including phenoxy) is 1. The van der Waals surface area contributed by atoms with Crippen molar-refractivity contribution in [2.45, 2.75) is 23.6 Å². The molecule has 2 aliphatic rings. The second-order valence-corrected chi connectivity index (χ2v) is 8.81. The first-order valence-electron chi connectivity index (χ1n) is 9.37. The average molecular weight is 454 g/mol. The van der Waals surface area contributed by atoms with Crippen LogP contribution in [0.2, 0.25) is 0 Å². The number of nitrogens with two attached hydrogens (primary N) is 1. The molecule has 1 saturated carbocycles. The minimum atomic E-state index is -1.26. The third-order valence-corrected chi connectivity index (χ3v) is 6.61. The standard InChI is InChI=1S/C21H16F2N6O2S/c1-3-4-31-16-9-26-14(8-27-16)18(30)28-11-5-12(17(23)13(22)6-11)20(2)15-7-21(15,10-24)32-19(25)29-20/h1,5-6,8-9,15H,4,7H2,2H3,(H2,25,29)(H,28,30)/t15-,20-,21+/m0/s1. The molecule has 2 aromatic rings. The summed E-state index contributed by atoms with van der Waals surface area (Å²) in [6.45, 7) is 1.60. The highest BCUT2D eigenvalue weighted by Gasteiger charge is 2.67. The number of terminal acetylenes is 1. The summed E-state index contributed by atoms with van der Waals surface area (Å²) in [4.78, 5) is 24.7. The Kier molecular flexibility index (Phi) is 5.23. The zero-order valence-corrected chi connectivity index (χ0v) is 17.5. The molecule has 1 fully saturated rings. The predicted octanol–water partition coefficient (Wildman–Crippen LogP) is 2.58. The number of nitriles is 1. The number of carbonyl (C=O) groups excluding carboxylic acids is 1. The molecule has 8 nitrogen and oxygen atoms in total. The highest BCUT2D eigenvalue weighted by molar-refractivity contribution is 8.15. The molecule has 1 aromatic carbocycles. The van der Waals surface area contributed by atoms with Gasteiger partial charge in [0.1, 0.15) is 10.4 Å². The van der Waals surface area contributed by atoms with Crippen LogP contribution >= 0.6 is 11.8 Å². The second-order valence-electron chi connectivity index (χ2n) is 7.46. The maximum absolute atomic E-state index is 14.8. The molecule has 0 saturated heterocycles. The van der Waals surface area contributed by atoms with Crippen LogP contribution in [0.15, 0.2) is 29.5 Å². The molecule has 3 atom stereocenters. The van der Waals surface area contributed by atoms with Crippen LogP contribution in [0.4, 0.5) is 14.5 Å². The number of aromatic nitrogens is 2. The summed E-state index contributed by atoms with van der Waals surface area (Å²) in [6.07, 6.45) is 7.92. The van der Waals surface area contributed by atoms with Gasteiger partial charge in [0.05, 0.1) is 24.0 Å². The van der Waals surface area contributed by atoms with Gasteiger partial charge in [-0.2, -0.15) is 5.26 Å². The smallest absolute Gasteiger partial charge is 0.275 e. The fourth-order valence-corrected chi connectivity index (χ4v) is 5.04. The SMILES string of the molecule is C#CCOc1cnc(C(=O)Nc2cc(F)c(F)c([C@]3(C)N=C(N)S[C@@]4(C#N)C[C@@H]34)c2)cn1. The number of fused-ring (bicyclic) bond motifs is 1. The zero-order chi connectivity index (χ0) is 23.1. The Hall–Kier alpha value is -3.70. The topological polar surface area (TPSA) is 126 Å². The zero-order valence-electron chi connectivity index (χ0n) is 16.7. The molecule has 1 aliphatic carbocycles. The highest BCUT2D eigenvalue weighted by Crippen LogP contribution is 2.65. The number of anilines is 1. The van der Waals surface area contributed by atoms with Crippen molar-refractivity contribution in [3.63, 3.8) is 0 Å². The predicted molar refractivity (Wildman–Crippen MR) is 114 cm³/mol. The van der Waals surface area contributed by atoms with Crippen LogP contribution in [-0.2, 0) is 5.54 Å². The molecule has 0 radical (unpaired) electrons. The summed E-state index contributed by atoms with van der Waals surface area (Å²) >= 11 is 1.13. The van der Waals surface area contributed by atoms with Gasteiger partial charge in [-0.1, -0.05) is 17.7 Å². The molecule has 0 bridgehead atoms. The lowest BCUT2D eigenvalue weighted by Gasteiger charge is -2.32. The molecule has 11 heteroatoms. The van der Waals surface area contributed by atoms with Crippen LogP contribution < -0.4 is 15.8 Å². The van der Waals surface area contributed by atoms with E-state index in [1.54, 1.807) is 6.92 Å². The van der Waals surface area contributed by atoms with Crippen molar-refractivity contribution in [3.05, 3.63) is 47.4 Å². The first-order chi connectivity index (χ1) is 15.2. The van der Waals surface area contributed by atoms with Crippen molar-refractivity contribution >= 4 is 28.5 Å². The maximum atomic E-state index is 14.8. The number of amides is 1. The number of halogens is 2. The number of aliphatic imine (C=N–C) groups is 1. The van der Waals surface area contributed by atoms with E-state index in [-0.39, 0.29) is 40.5 Å². The van der Waals surface area contributed by atoms with Crippen molar-refractivity contribution in [3.8, 4) is 24.3 Å². The first-order valence-corrected chi connectivity index (χ1v) is 10.2. The largest absolute Gasteiger partial charge is 0.463 e. The second kappa shape index (κ2) is 7.77. The van der Waals surface area contributed by atoms with Gasteiger partial charge >= 0.3 is 0 Å². The monoisotopic (exact) mass is 454 g/mol. The molecule has 1 aliphatic heterocycles. The summed E-state index contributed by atoms with van der Waals surface area (Å²) in [5.74, 6) is -0.905. The van der Waals surface area contributed by atoms with Crippen LogP contribution in [0.3, 0.4) is 0 Å². The third kappa shape index (κ3) is 3.61. The van der Waals surface area contributed by atoms with E-state index in [4.69, 9.17) is 16.9 Å². The molecule has 4 rings (SSSR count). The summed E-state index contributed by atoms with van der Waals surface area (Å²) in [5, 5.41) is 12.1. The van der Waals surface area contributed by atoms with Crippen LogP contribution in [-0.4, -0.2) is 32.4 Å².